The first-order valence-electron chi connectivity index (χ1n) is 9.96. The molecule has 0 atom stereocenters. The van der Waals surface area contributed by atoms with E-state index >= 15 is 0 Å². The van der Waals surface area contributed by atoms with Gasteiger partial charge in [-0.05, 0) is 29.3 Å². The molecule has 0 radical (unpaired) electrons. The van der Waals surface area contributed by atoms with E-state index in [4.69, 9.17) is 21.1 Å². The van der Waals surface area contributed by atoms with Crippen molar-refractivity contribution < 1.29 is 9.47 Å². The number of halogens is 1. The molecular formula is C22H20ClN5O4. The molecule has 164 valence electrons. The van der Waals surface area contributed by atoms with Gasteiger partial charge in [0.25, 0.3) is 5.56 Å². The fraction of sp³-hybridized carbons (Fsp3) is 0.227. The first kappa shape index (κ1) is 20.2. The summed E-state index contributed by atoms with van der Waals surface area (Å²) in [5.41, 5.74) is 1.39. The van der Waals surface area contributed by atoms with Crippen LogP contribution in [0.5, 0.6) is 11.5 Å². The Morgan fingerprint density at radius 2 is 1.84 bits per heavy atom. The van der Waals surface area contributed by atoms with E-state index < -0.39 is 11.2 Å². The summed E-state index contributed by atoms with van der Waals surface area (Å²) in [6, 6.07) is 12.8. The summed E-state index contributed by atoms with van der Waals surface area (Å²) >= 11 is 6.23. The van der Waals surface area contributed by atoms with Gasteiger partial charge in [-0.3, -0.25) is 18.5 Å². The second kappa shape index (κ2) is 7.76. The van der Waals surface area contributed by atoms with E-state index in [-0.39, 0.29) is 18.9 Å². The van der Waals surface area contributed by atoms with Crippen molar-refractivity contribution in [3.8, 4) is 11.5 Å². The van der Waals surface area contributed by atoms with Gasteiger partial charge in [-0.2, -0.15) is 0 Å². The third-order valence-corrected chi connectivity index (χ3v) is 5.89. The Labute approximate surface area is 187 Å². The summed E-state index contributed by atoms with van der Waals surface area (Å²) < 4.78 is 15.0. The van der Waals surface area contributed by atoms with Crippen molar-refractivity contribution >= 4 is 28.7 Å². The van der Waals surface area contributed by atoms with E-state index in [2.05, 4.69) is 10.3 Å². The Balaban J connectivity index is 1.51. The van der Waals surface area contributed by atoms with Crippen LogP contribution in [0.3, 0.4) is 0 Å². The highest BCUT2D eigenvalue weighted by atomic mass is 35.5. The summed E-state index contributed by atoms with van der Waals surface area (Å²) in [4.78, 5) is 30.6. The van der Waals surface area contributed by atoms with Gasteiger partial charge in [-0.25, -0.2) is 9.78 Å². The van der Waals surface area contributed by atoms with Gasteiger partial charge in [0.2, 0.25) is 12.7 Å². The summed E-state index contributed by atoms with van der Waals surface area (Å²) in [6.07, 6.45) is 0. The molecule has 0 spiro atoms. The molecule has 1 N–H and O–H groups in total. The van der Waals surface area contributed by atoms with Gasteiger partial charge in [0.1, 0.15) is 0 Å². The van der Waals surface area contributed by atoms with Gasteiger partial charge >= 0.3 is 5.69 Å². The lowest BCUT2D eigenvalue weighted by Gasteiger charge is -2.10. The standard InChI is InChI=1S/C22H20ClN5O4/c1-26-19-18(25-21(26)24-10-13-7-8-16-17(9-13)32-12-31-16)20(29)28(22(30)27(19)2)11-14-5-3-4-6-15(14)23/h3-9H,10-12H2,1-2H3,(H,24,25). The molecule has 9 nitrogen and oxygen atoms in total. The Bertz CT molecular complexity index is 1470. The van der Waals surface area contributed by atoms with E-state index in [1.165, 1.54) is 4.57 Å². The zero-order valence-electron chi connectivity index (χ0n) is 17.5. The van der Waals surface area contributed by atoms with Gasteiger partial charge in [0.15, 0.2) is 22.7 Å². The maximum atomic E-state index is 13.2. The largest absolute Gasteiger partial charge is 0.454 e. The van der Waals surface area contributed by atoms with Crippen LogP contribution < -0.4 is 26.0 Å². The molecule has 2 aromatic carbocycles. The Kier molecular flexibility index (Phi) is 4.90. The van der Waals surface area contributed by atoms with Gasteiger partial charge in [-0.15, -0.1) is 0 Å². The van der Waals surface area contributed by atoms with Crippen LogP contribution in [0.25, 0.3) is 11.2 Å². The van der Waals surface area contributed by atoms with Crippen LogP contribution in [0.2, 0.25) is 5.02 Å². The van der Waals surface area contributed by atoms with Gasteiger partial charge in [-0.1, -0.05) is 35.9 Å². The Morgan fingerprint density at radius 1 is 1.06 bits per heavy atom. The lowest BCUT2D eigenvalue weighted by atomic mass is 10.2. The first-order chi connectivity index (χ1) is 15.4. The predicted octanol–water partition coefficient (Wildman–Crippen LogP) is 2.48. The Morgan fingerprint density at radius 3 is 2.66 bits per heavy atom. The number of hydrogen-bond acceptors (Lipinski definition) is 6. The molecule has 5 rings (SSSR count). The fourth-order valence-corrected chi connectivity index (χ4v) is 4.03. The molecule has 0 fully saturated rings. The number of aromatic nitrogens is 4. The molecule has 2 aromatic heterocycles. The molecule has 0 aliphatic carbocycles. The normalized spacial score (nSPS) is 12.5. The van der Waals surface area contributed by atoms with Gasteiger partial charge in [0, 0.05) is 25.7 Å². The third-order valence-electron chi connectivity index (χ3n) is 5.52. The number of nitrogens with one attached hydrogen (secondary N) is 1. The highest BCUT2D eigenvalue weighted by Gasteiger charge is 2.19. The van der Waals surface area contributed by atoms with E-state index in [0.717, 1.165) is 10.1 Å². The molecule has 1 aliphatic heterocycles. The van der Waals surface area contributed by atoms with Crippen molar-refractivity contribution in [1.82, 2.24) is 18.7 Å². The zero-order chi connectivity index (χ0) is 22.4. The second-order valence-corrected chi connectivity index (χ2v) is 7.94. The fourth-order valence-electron chi connectivity index (χ4n) is 3.83. The maximum Gasteiger partial charge on any atom is 0.332 e. The number of hydrogen-bond donors (Lipinski definition) is 1. The summed E-state index contributed by atoms with van der Waals surface area (Å²) in [5.74, 6) is 1.88. The molecular weight excluding hydrogens is 434 g/mol. The highest BCUT2D eigenvalue weighted by Crippen LogP contribution is 2.32. The minimum absolute atomic E-state index is 0.0671. The number of anilines is 1. The van der Waals surface area contributed by atoms with Crippen LogP contribution in [0, 0.1) is 0 Å². The third kappa shape index (κ3) is 3.31. The average Bonchev–Trinajstić information content (AvgIpc) is 3.39. The van der Waals surface area contributed by atoms with Crippen LogP contribution in [0.1, 0.15) is 11.1 Å². The summed E-state index contributed by atoms with van der Waals surface area (Å²) in [7, 11) is 3.38. The minimum atomic E-state index is -0.463. The summed E-state index contributed by atoms with van der Waals surface area (Å²) in [5, 5.41) is 3.73. The van der Waals surface area contributed by atoms with Crippen molar-refractivity contribution in [2.75, 3.05) is 12.1 Å². The van der Waals surface area contributed by atoms with E-state index in [1.807, 2.05) is 24.3 Å². The first-order valence-corrected chi connectivity index (χ1v) is 10.3. The van der Waals surface area contributed by atoms with Gasteiger partial charge < -0.3 is 14.8 Å². The zero-order valence-corrected chi connectivity index (χ0v) is 18.2. The molecule has 0 bridgehead atoms. The van der Waals surface area contributed by atoms with Crippen molar-refractivity contribution in [1.29, 1.82) is 0 Å². The van der Waals surface area contributed by atoms with Crippen LogP contribution in [-0.2, 0) is 27.2 Å². The van der Waals surface area contributed by atoms with Crippen molar-refractivity contribution in [2.45, 2.75) is 13.1 Å². The topological polar surface area (TPSA) is 92.3 Å². The molecule has 0 amide bonds. The molecule has 0 saturated carbocycles. The number of nitrogens with zero attached hydrogens (tertiary/aromatic N) is 4. The molecule has 0 unspecified atom stereocenters. The van der Waals surface area contributed by atoms with Crippen molar-refractivity contribution in [2.24, 2.45) is 14.1 Å². The second-order valence-electron chi connectivity index (χ2n) is 7.53. The van der Waals surface area contributed by atoms with Gasteiger partial charge in [0.05, 0.1) is 6.54 Å². The monoisotopic (exact) mass is 453 g/mol. The molecule has 1 aliphatic rings. The van der Waals surface area contributed by atoms with E-state index in [9.17, 15) is 9.59 Å². The number of imidazole rings is 1. The maximum absolute atomic E-state index is 13.2. The molecule has 32 heavy (non-hydrogen) atoms. The number of fused-ring (bicyclic) bond motifs is 2. The summed E-state index contributed by atoms with van der Waals surface area (Å²) in [6.45, 7) is 0.735. The molecule has 4 aromatic rings. The quantitative estimate of drug-likeness (QED) is 0.499. The molecule has 0 saturated heterocycles. The molecule has 3 heterocycles. The smallest absolute Gasteiger partial charge is 0.332 e. The van der Waals surface area contributed by atoms with Crippen molar-refractivity contribution in [3.05, 3.63) is 79.5 Å². The highest BCUT2D eigenvalue weighted by molar-refractivity contribution is 6.31. The van der Waals surface area contributed by atoms with Crippen molar-refractivity contribution in [3.63, 3.8) is 0 Å². The van der Waals surface area contributed by atoms with Crippen LogP contribution in [-0.4, -0.2) is 25.5 Å². The lowest BCUT2D eigenvalue weighted by molar-refractivity contribution is 0.174. The lowest BCUT2D eigenvalue weighted by Crippen LogP contribution is -2.39. The number of ether oxygens (including phenoxy) is 2. The van der Waals surface area contributed by atoms with Crippen LogP contribution >= 0.6 is 11.6 Å². The van der Waals surface area contributed by atoms with Crippen LogP contribution in [0.15, 0.2) is 52.1 Å². The minimum Gasteiger partial charge on any atom is -0.454 e. The van der Waals surface area contributed by atoms with E-state index in [0.29, 0.717) is 40.2 Å². The number of rotatable bonds is 5. The van der Waals surface area contributed by atoms with Crippen LogP contribution in [0.4, 0.5) is 5.95 Å². The Hall–Kier alpha value is -3.72. The molecule has 10 heteroatoms. The van der Waals surface area contributed by atoms with E-state index in [1.54, 1.807) is 36.9 Å². The SMILES string of the molecule is Cn1c(NCc2ccc3c(c2)OCO3)nc2c(=O)n(Cc3ccccc3Cl)c(=O)n(C)c21. The average molecular weight is 454 g/mol. The number of aryl methyl sites for hydroxylation is 2. The predicted molar refractivity (Wildman–Crippen MR) is 121 cm³/mol. The number of benzene rings is 2.